The second-order valence-corrected chi connectivity index (χ2v) is 4.92. The Bertz CT molecular complexity index is 294. The van der Waals surface area contributed by atoms with E-state index in [0.29, 0.717) is 13.0 Å². The van der Waals surface area contributed by atoms with Crippen molar-refractivity contribution in [1.29, 1.82) is 0 Å². The van der Waals surface area contributed by atoms with Crippen molar-refractivity contribution in [3.8, 4) is 0 Å². The first-order valence-electron chi connectivity index (χ1n) is 6.62. The topological polar surface area (TPSA) is 58.6 Å². The predicted molar refractivity (Wildman–Crippen MR) is 69.1 cm³/mol. The largest absolute Gasteiger partial charge is 0.469 e. The number of hydrogen-bond acceptors (Lipinski definition) is 4. The molecule has 0 aromatic rings. The van der Waals surface area contributed by atoms with Crippen LogP contribution < -0.4 is 5.32 Å². The maximum atomic E-state index is 12.3. The van der Waals surface area contributed by atoms with Crippen LogP contribution in [0.3, 0.4) is 0 Å². The summed E-state index contributed by atoms with van der Waals surface area (Å²) in [4.78, 5) is 25.5. The van der Waals surface area contributed by atoms with Crippen molar-refractivity contribution in [2.45, 2.75) is 38.6 Å². The van der Waals surface area contributed by atoms with Gasteiger partial charge in [-0.1, -0.05) is 6.92 Å². The van der Waals surface area contributed by atoms with E-state index in [0.717, 1.165) is 25.8 Å². The molecule has 5 nitrogen and oxygen atoms in total. The summed E-state index contributed by atoms with van der Waals surface area (Å²) in [7, 11) is 3.23. The average molecular weight is 256 g/mol. The maximum absolute atomic E-state index is 12.3. The summed E-state index contributed by atoms with van der Waals surface area (Å²) in [6.07, 6.45) is 3.31. The first-order chi connectivity index (χ1) is 8.60. The Kier molecular flexibility index (Phi) is 6.12. The number of piperidine rings is 1. The number of methoxy groups -OCH3 is 1. The molecule has 0 spiro atoms. The molecule has 1 amide bonds. The molecule has 1 rings (SSSR count). The van der Waals surface area contributed by atoms with Gasteiger partial charge in [0.05, 0.1) is 13.5 Å². The maximum Gasteiger partial charge on any atom is 0.307 e. The zero-order chi connectivity index (χ0) is 13.5. The number of carbonyl (C=O) groups is 2. The normalized spacial score (nSPS) is 21.5. The first kappa shape index (κ1) is 15.0. The van der Waals surface area contributed by atoms with Gasteiger partial charge in [-0.25, -0.2) is 0 Å². The van der Waals surface area contributed by atoms with Crippen LogP contribution in [-0.4, -0.2) is 50.1 Å². The van der Waals surface area contributed by atoms with Crippen LogP contribution in [0.25, 0.3) is 0 Å². The van der Waals surface area contributed by atoms with Gasteiger partial charge in [0.15, 0.2) is 0 Å². The van der Waals surface area contributed by atoms with Crippen LogP contribution in [-0.2, 0) is 14.3 Å². The number of ether oxygens (including phenoxy) is 1. The van der Waals surface area contributed by atoms with E-state index >= 15 is 0 Å². The van der Waals surface area contributed by atoms with Crippen molar-refractivity contribution in [3.63, 3.8) is 0 Å². The number of nitrogens with zero attached hydrogens (tertiary/aromatic N) is 1. The second kappa shape index (κ2) is 7.36. The molecular weight excluding hydrogens is 232 g/mol. The van der Waals surface area contributed by atoms with E-state index < -0.39 is 0 Å². The van der Waals surface area contributed by atoms with Gasteiger partial charge in [0.25, 0.3) is 0 Å². The van der Waals surface area contributed by atoms with Gasteiger partial charge in [0, 0.05) is 25.0 Å². The van der Waals surface area contributed by atoms with Gasteiger partial charge in [-0.05, 0) is 26.3 Å². The monoisotopic (exact) mass is 256 g/mol. The van der Waals surface area contributed by atoms with Crippen LogP contribution in [0.15, 0.2) is 0 Å². The van der Waals surface area contributed by atoms with Crippen LogP contribution in [0.2, 0.25) is 0 Å². The molecule has 18 heavy (non-hydrogen) atoms. The minimum Gasteiger partial charge on any atom is -0.469 e. The lowest BCUT2D eigenvalue weighted by atomic mass is 9.97. The molecule has 2 unspecified atom stereocenters. The summed E-state index contributed by atoms with van der Waals surface area (Å²) in [5.74, 6) is -0.146. The van der Waals surface area contributed by atoms with E-state index in [-0.39, 0.29) is 23.8 Å². The van der Waals surface area contributed by atoms with Gasteiger partial charge in [0.2, 0.25) is 5.91 Å². The number of carbonyl (C=O) groups excluding carboxylic acids is 2. The lowest BCUT2D eigenvalue weighted by molar-refractivity contribution is -0.145. The number of nitrogens with one attached hydrogen (secondary N) is 1. The third-order valence-electron chi connectivity index (χ3n) is 3.47. The van der Waals surface area contributed by atoms with Crippen LogP contribution in [0, 0.1) is 5.92 Å². The van der Waals surface area contributed by atoms with Crippen molar-refractivity contribution in [3.05, 3.63) is 0 Å². The molecule has 2 atom stereocenters. The average Bonchev–Trinajstić information content (AvgIpc) is 2.38. The Balaban J connectivity index is 2.63. The van der Waals surface area contributed by atoms with E-state index in [2.05, 4.69) is 5.32 Å². The zero-order valence-corrected chi connectivity index (χ0v) is 11.6. The molecule has 1 N–H and O–H groups in total. The van der Waals surface area contributed by atoms with Gasteiger partial charge in [-0.2, -0.15) is 0 Å². The lowest BCUT2D eigenvalue weighted by Crippen LogP contribution is -2.48. The molecule has 0 aromatic carbocycles. The molecule has 1 aliphatic rings. The van der Waals surface area contributed by atoms with E-state index in [4.69, 9.17) is 4.74 Å². The van der Waals surface area contributed by atoms with Crippen LogP contribution in [0.1, 0.15) is 32.6 Å². The minimum atomic E-state index is -0.235. The molecule has 1 saturated heterocycles. The summed E-state index contributed by atoms with van der Waals surface area (Å²) in [5.41, 5.74) is 0. The third kappa shape index (κ3) is 3.98. The smallest absolute Gasteiger partial charge is 0.307 e. The van der Waals surface area contributed by atoms with Crippen molar-refractivity contribution in [2.75, 3.05) is 27.2 Å². The summed E-state index contributed by atoms with van der Waals surface area (Å²) in [6, 6.07) is 0.0120. The van der Waals surface area contributed by atoms with E-state index in [1.807, 2.05) is 18.9 Å². The molecule has 5 heteroatoms. The molecule has 0 aliphatic carbocycles. The predicted octanol–water partition coefficient (Wildman–Crippen LogP) is 0.786. The van der Waals surface area contributed by atoms with Crippen LogP contribution >= 0.6 is 0 Å². The van der Waals surface area contributed by atoms with Gasteiger partial charge in [-0.15, -0.1) is 0 Å². The molecule has 1 heterocycles. The summed E-state index contributed by atoms with van der Waals surface area (Å²) >= 11 is 0. The fourth-order valence-electron chi connectivity index (χ4n) is 2.46. The SMILES string of the molecule is CNCC(C)C(=O)N1CCCCC1CC(=O)OC. The number of likely N-dealkylation sites (tertiary alicyclic amines) is 1. The standard InChI is InChI=1S/C13H24N2O3/c1-10(9-14-2)13(17)15-7-5-4-6-11(15)8-12(16)18-3/h10-11,14H,4-9H2,1-3H3. The molecule has 0 saturated carbocycles. The highest BCUT2D eigenvalue weighted by atomic mass is 16.5. The van der Waals surface area contributed by atoms with Crippen molar-refractivity contribution < 1.29 is 14.3 Å². The lowest BCUT2D eigenvalue weighted by Gasteiger charge is -2.36. The Hall–Kier alpha value is -1.10. The van der Waals surface area contributed by atoms with Crippen molar-refractivity contribution >= 4 is 11.9 Å². The van der Waals surface area contributed by atoms with Crippen LogP contribution in [0.4, 0.5) is 0 Å². The number of hydrogen-bond donors (Lipinski definition) is 1. The molecule has 1 fully saturated rings. The zero-order valence-electron chi connectivity index (χ0n) is 11.6. The Morgan fingerprint density at radius 1 is 1.44 bits per heavy atom. The third-order valence-corrected chi connectivity index (χ3v) is 3.47. The van der Waals surface area contributed by atoms with Gasteiger partial charge < -0.3 is 15.0 Å². The van der Waals surface area contributed by atoms with Crippen LogP contribution in [0.5, 0.6) is 0 Å². The molecule has 0 bridgehead atoms. The van der Waals surface area contributed by atoms with Crippen molar-refractivity contribution in [1.82, 2.24) is 10.2 Å². The van der Waals surface area contributed by atoms with E-state index in [1.165, 1.54) is 7.11 Å². The van der Waals surface area contributed by atoms with E-state index in [9.17, 15) is 9.59 Å². The van der Waals surface area contributed by atoms with Crippen molar-refractivity contribution in [2.24, 2.45) is 5.92 Å². The van der Waals surface area contributed by atoms with Gasteiger partial charge >= 0.3 is 5.97 Å². The Morgan fingerprint density at radius 2 is 2.17 bits per heavy atom. The van der Waals surface area contributed by atoms with Gasteiger partial charge in [-0.3, -0.25) is 9.59 Å². The molecule has 1 aliphatic heterocycles. The minimum absolute atomic E-state index is 0.0120. The highest BCUT2D eigenvalue weighted by Crippen LogP contribution is 2.22. The molecule has 104 valence electrons. The Labute approximate surface area is 109 Å². The Morgan fingerprint density at radius 3 is 2.78 bits per heavy atom. The quantitative estimate of drug-likeness (QED) is 0.739. The summed E-state index contributed by atoms with van der Waals surface area (Å²) in [6.45, 7) is 3.34. The molecule has 0 aromatic heterocycles. The highest BCUT2D eigenvalue weighted by Gasteiger charge is 2.30. The summed E-state index contributed by atoms with van der Waals surface area (Å²) < 4.78 is 4.70. The number of rotatable bonds is 5. The fourth-order valence-corrected chi connectivity index (χ4v) is 2.46. The number of esters is 1. The molecule has 0 radical (unpaired) electrons. The highest BCUT2D eigenvalue weighted by molar-refractivity contribution is 5.80. The summed E-state index contributed by atoms with van der Waals surface area (Å²) in [5, 5.41) is 3.02. The second-order valence-electron chi connectivity index (χ2n) is 4.92. The first-order valence-corrected chi connectivity index (χ1v) is 6.62. The van der Waals surface area contributed by atoms with Gasteiger partial charge in [0.1, 0.15) is 0 Å². The number of amides is 1. The van der Waals surface area contributed by atoms with E-state index in [1.54, 1.807) is 0 Å². The fraction of sp³-hybridized carbons (Fsp3) is 0.846. The molecular formula is C13H24N2O3.